The fraction of sp³-hybridized carbons (Fsp3) is 0. The molecule has 0 fully saturated rings. The molecule has 8 nitrogen and oxygen atoms in total. The minimum atomic E-state index is -0.733. The molecule has 164 valence electrons. The van der Waals surface area contributed by atoms with Crippen LogP contribution in [-0.4, -0.2) is 33.5 Å². The van der Waals surface area contributed by atoms with Crippen LogP contribution in [0.15, 0.2) is 85.5 Å². The summed E-state index contributed by atoms with van der Waals surface area (Å²) in [5.41, 5.74) is 0.376. The van der Waals surface area contributed by atoms with Gasteiger partial charge in [0.2, 0.25) is 5.78 Å². The summed E-state index contributed by atoms with van der Waals surface area (Å²) in [7, 11) is 0. The van der Waals surface area contributed by atoms with Gasteiger partial charge < -0.3 is 9.47 Å². The third-order valence-electron chi connectivity index (χ3n) is 5.20. The Balaban J connectivity index is 1.55. The predicted octanol–water partition coefficient (Wildman–Crippen LogP) is 3.69. The van der Waals surface area contributed by atoms with Crippen molar-refractivity contribution in [2.24, 2.45) is 0 Å². The third kappa shape index (κ3) is 3.63. The van der Waals surface area contributed by atoms with E-state index in [1.54, 1.807) is 12.1 Å². The zero-order valence-electron chi connectivity index (χ0n) is 17.4. The number of pyridine rings is 2. The minimum absolute atomic E-state index is 0.0799. The van der Waals surface area contributed by atoms with Crippen LogP contribution in [0.2, 0.25) is 0 Å². The molecule has 0 N–H and O–H groups in total. The predicted molar refractivity (Wildman–Crippen MR) is 118 cm³/mol. The molecule has 2 aromatic heterocycles. The number of benzene rings is 2. The fourth-order valence-corrected chi connectivity index (χ4v) is 3.63. The molecule has 5 rings (SSSR count). The molecule has 0 saturated heterocycles. The van der Waals surface area contributed by atoms with E-state index in [2.05, 4.69) is 9.97 Å². The summed E-state index contributed by atoms with van der Waals surface area (Å²) in [6.45, 7) is 0. The molecule has 1 aliphatic carbocycles. The number of ketones is 2. The molecule has 0 atom stereocenters. The molecule has 2 heterocycles. The highest BCUT2D eigenvalue weighted by atomic mass is 16.5. The van der Waals surface area contributed by atoms with E-state index in [9.17, 15) is 19.2 Å². The van der Waals surface area contributed by atoms with Crippen molar-refractivity contribution < 1.29 is 28.7 Å². The van der Waals surface area contributed by atoms with Crippen LogP contribution in [-0.2, 0) is 0 Å². The van der Waals surface area contributed by atoms with Crippen molar-refractivity contribution in [1.82, 2.24) is 9.97 Å². The summed E-state index contributed by atoms with van der Waals surface area (Å²) in [5.74, 6) is -2.68. The van der Waals surface area contributed by atoms with Crippen LogP contribution in [0.5, 0.6) is 11.5 Å². The number of esters is 2. The van der Waals surface area contributed by atoms with Crippen molar-refractivity contribution in [2.45, 2.75) is 0 Å². The van der Waals surface area contributed by atoms with Gasteiger partial charge in [0, 0.05) is 35.9 Å². The quantitative estimate of drug-likeness (QED) is 0.301. The first-order valence-electron chi connectivity index (χ1n) is 10.1. The number of hydrogen-bond donors (Lipinski definition) is 0. The number of rotatable bonds is 4. The van der Waals surface area contributed by atoms with Gasteiger partial charge in [-0.05, 0) is 36.4 Å². The second-order valence-corrected chi connectivity index (χ2v) is 7.28. The molecule has 0 aliphatic heterocycles. The molecule has 0 radical (unpaired) electrons. The van der Waals surface area contributed by atoms with Gasteiger partial charge in [-0.3, -0.25) is 19.6 Å². The molecule has 0 bridgehead atoms. The first-order valence-corrected chi connectivity index (χ1v) is 10.1. The lowest BCUT2D eigenvalue weighted by atomic mass is 9.83. The molecule has 4 aromatic rings. The standard InChI is InChI=1S/C26H14N2O6/c29-23-17-7-1-9-19(33-25(31)15-5-3-11-27-13-15)21(17)24(30)22-18(23)8-2-10-20(22)34-26(32)16-6-4-12-28-14-16/h1-14H. The van der Waals surface area contributed by atoms with Crippen LogP contribution in [0.3, 0.4) is 0 Å². The topological polar surface area (TPSA) is 113 Å². The van der Waals surface area contributed by atoms with E-state index < -0.39 is 23.5 Å². The second kappa shape index (κ2) is 8.51. The van der Waals surface area contributed by atoms with Gasteiger partial charge in [-0.15, -0.1) is 0 Å². The molecular formula is C26H14N2O6. The molecule has 8 heteroatoms. The number of carbonyl (C=O) groups is 4. The van der Waals surface area contributed by atoms with Gasteiger partial charge in [-0.2, -0.15) is 0 Å². The Hall–Kier alpha value is -4.98. The monoisotopic (exact) mass is 450 g/mol. The van der Waals surface area contributed by atoms with E-state index in [-0.39, 0.29) is 44.9 Å². The Labute approximate surface area is 192 Å². The highest BCUT2D eigenvalue weighted by Gasteiger charge is 2.35. The molecule has 0 unspecified atom stereocenters. The van der Waals surface area contributed by atoms with Crippen molar-refractivity contribution in [1.29, 1.82) is 0 Å². The highest BCUT2D eigenvalue weighted by Crippen LogP contribution is 2.37. The lowest BCUT2D eigenvalue weighted by molar-refractivity contribution is 0.0725. The summed E-state index contributed by atoms with van der Waals surface area (Å²) >= 11 is 0. The second-order valence-electron chi connectivity index (χ2n) is 7.28. The van der Waals surface area contributed by atoms with Crippen molar-refractivity contribution in [3.63, 3.8) is 0 Å². The molecule has 2 aromatic carbocycles. The first-order chi connectivity index (χ1) is 16.5. The number of aromatic nitrogens is 2. The maximum absolute atomic E-state index is 13.6. The average Bonchev–Trinajstić information content (AvgIpc) is 2.88. The Morgan fingerprint density at radius 1 is 0.588 bits per heavy atom. The van der Waals surface area contributed by atoms with Crippen molar-refractivity contribution in [3.05, 3.63) is 119 Å². The Bertz CT molecular complexity index is 1360. The molecule has 34 heavy (non-hydrogen) atoms. The third-order valence-corrected chi connectivity index (χ3v) is 5.20. The van der Waals surface area contributed by atoms with Crippen LogP contribution < -0.4 is 9.47 Å². The SMILES string of the molecule is O=C(Oc1cccc2c1C(=O)c1c(OC(=O)c3cccnc3)cccc1C2=O)c1cccnc1. The number of hydrogen-bond acceptors (Lipinski definition) is 8. The smallest absolute Gasteiger partial charge is 0.345 e. The lowest BCUT2D eigenvalue weighted by Gasteiger charge is -2.21. The van der Waals surface area contributed by atoms with Crippen LogP contribution in [0.25, 0.3) is 0 Å². The number of carbonyl (C=O) groups excluding carboxylic acids is 4. The van der Waals surface area contributed by atoms with Crippen LogP contribution in [0.4, 0.5) is 0 Å². The normalized spacial score (nSPS) is 11.9. The maximum Gasteiger partial charge on any atom is 0.345 e. The van der Waals surface area contributed by atoms with Crippen molar-refractivity contribution in [3.8, 4) is 11.5 Å². The van der Waals surface area contributed by atoms with E-state index >= 15 is 0 Å². The van der Waals surface area contributed by atoms with Gasteiger partial charge in [0.15, 0.2) is 5.78 Å². The fourth-order valence-electron chi connectivity index (χ4n) is 3.63. The first kappa shape index (κ1) is 20.9. The molecule has 1 aliphatic rings. The van der Waals surface area contributed by atoms with Crippen LogP contribution in [0, 0.1) is 0 Å². The molecular weight excluding hydrogens is 436 g/mol. The van der Waals surface area contributed by atoms with Gasteiger partial charge in [0.25, 0.3) is 0 Å². The average molecular weight is 450 g/mol. The summed E-state index contributed by atoms with van der Waals surface area (Å²) in [4.78, 5) is 59.7. The van der Waals surface area contributed by atoms with E-state index in [4.69, 9.17) is 9.47 Å². The van der Waals surface area contributed by atoms with Gasteiger partial charge in [0.05, 0.1) is 22.3 Å². The van der Waals surface area contributed by atoms with E-state index in [0.717, 1.165) is 0 Å². The molecule has 0 spiro atoms. The maximum atomic E-state index is 13.6. The van der Waals surface area contributed by atoms with Crippen LogP contribution in [0.1, 0.15) is 52.6 Å². The lowest BCUT2D eigenvalue weighted by Crippen LogP contribution is -2.24. The Morgan fingerprint density at radius 3 is 1.47 bits per heavy atom. The van der Waals surface area contributed by atoms with E-state index in [1.807, 2.05) is 0 Å². The minimum Gasteiger partial charge on any atom is -0.422 e. The Morgan fingerprint density at radius 2 is 1.06 bits per heavy atom. The largest absolute Gasteiger partial charge is 0.422 e. The van der Waals surface area contributed by atoms with E-state index in [1.165, 1.54) is 73.3 Å². The number of nitrogens with zero attached hydrogens (tertiary/aromatic N) is 2. The number of fused-ring (bicyclic) bond motifs is 2. The van der Waals surface area contributed by atoms with Gasteiger partial charge in [-0.1, -0.05) is 24.3 Å². The zero-order chi connectivity index (χ0) is 23.7. The molecule has 0 amide bonds. The summed E-state index contributed by atoms with van der Waals surface area (Å²) in [6, 6.07) is 15.0. The van der Waals surface area contributed by atoms with Crippen molar-refractivity contribution in [2.75, 3.05) is 0 Å². The van der Waals surface area contributed by atoms with E-state index in [0.29, 0.717) is 0 Å². The zero-order valence-corrected chi connectivity index (χ0v) is 17.4. The summed E-state index contributed by atoms with van der Waals surface area (Å²) in [5, 5.41) is 0. The Kier molecular flexibility index (Phi) is 5.23. The molecule has 0 saturated carbocycles. The van der Waals surface area contributed by atoms with Gasteiger partial charge >= 0.3 is 11.9 Å². The van der Waals surface area contributed by atoms with Gasteiger partial charge in [0.1, 0.15) is 11.5 Å². The summed E-state index contributed by atoms with van der Waals surface area (Å²) < 4.78 is 10.9. The highest BCUT2D eigenvalue weighted by molar-refractivity contribution is 6.30. The van der Waals surface area contributed by atoms with Crippen LogP contribution >= 0.6 is 0 Å². The van der Waals surface area contributed by atoms with Gasteiger partial charge in [-0.25, -0.2) is 9.59 Å². The van der Waals surface area contributed by atoms with Crippen molar-refractivity contribution >= 4 is 23.5 Å². The summed E-state index contributed by atoms with van der Waals surface area (Å²) in [6.07, 6.45) is 5.68. The number of ether oxygens (including phenoxy) is 2.